The van der Waals surface area contributed by atoms with E-state index < -0.39 is 10.0 Å². The zero-order chi connectivity index (χ0) is 22.4. The van der Waals surface area contributed by atoms with Crippen molar-refractivity contribution < 1.29 is 13.2 Å². The van der Waals surface area contributed by atoms with E-state index in [0.29, 0.717) is 29.3 Å². The molecule has 1 fully saturated rings. The van der Waals surface area contributed by atoms with Crippen molar-refractivity contribution in [2.45, 2.75) is 35.1 Å². The van der Waals surface area contributed by atoms with Crippen molar-refractivity contribution in [3.05, 3.63) is 71.3 Å². The number of carbonyl (C=O) groups is 1. The number of nitrogens with zero attached hydrogens (tertiary/aromatic N) is 3. The second kappa shape index (κ2) is 10.6. The zero-order valence-corrected chi connectivity index (χ0v) is 19.9. The van der Waals surface area contributed by atoms with Crippen molar-refractivity contribution in [1.82, 2.24) is 14.5 Å². The highest BCUT2D eigenvalue weighted by Gasteiger charge is 2.24. The van der Waals surface area contributed by atoms with Crippen LogP contribution in [0.2, 0.25) is 0 Å². The van der Waals surface area contributed by atoms with Crippen LogP contribution in [0.25, 0.3) is 0 Å². The van der Waals surface area contributed by atoms with Gasteiger partial charge in [0.05, 0.1) is 5.75 Å². The van der Waals surface area contributed by atoms with Crippen molar-refractivity contribution >= 4 is 44.2 Å². The molecular formula is C22H24N4O3S3. The highest BCUT2D eigenvalue weighted by atomic mass is 32.2. The zero-order valence-electron chi connectivity index (χ0n) is 17.4. The number of aromatic nitrogens is 2. The van der Waals surface area contributed by atoms with Gasteiger partial charge in [-0.2, -0.15) is 0 Å². The van der Waals surface area contributed by atoms with Crippen LogP contribution in [0, 0.1) is 0 Å². The number of sulfonamides is 1. The van der Waals surface area contributed by atoms with Crippen LogP contribution in [0.15, 0.2) is 58.9 Å². The van der Waals surface area contributed by atoms with E-state index in [1.807, 2.05) is 18.2 Å². The monoisotopic (exact) mass is 488 g/mol. The molecule has 1 aromatic heterocycles. The third kappa shape index (κ3) is 6.16. The number of benzene rings is 2. The summed E-state index contributed by atoms with van der Waals surface area (Å²) < 4.78 is 27.5. The van der Waals surface area contributed by atoms with Crippen LogP contribution < -0.4 is 5.32 Å². The number of thioether (sulfide) groups is 1. The van der Waals surface area contributed by atoms with Gasteiger partial charge in [-0.25, -0.2) is 12.7 Å². The Morgan fingerprint density at radius 2 is 1.69 bits per heavy atom. The molecule has 2 heterocycles. The number of rotatable bonds is 8. The Morgan fingerprint density at radius 1 is 0.969 bits per heavy atom. The fraction of sp³-hybridized carbons (Fsp3) is 0.318. The van der Waals surface area contributed by atoms with Gasteiger partial charge in [0, 0.05) is 24.4 Å². The summed E-state index contributed by atoms with van der Waals surface area (Å²) in [4.78, 5) is 12.5. The molecule has 0 spiro atoms. The molecule has 0 atom stereocenters. The number of carbonyl (C=O) groups excluding carboxylic acids is 1. The van der Waals surface area contributed by atoms with E-state index in [9.17, 15) is 13.2 Å². The Kier molecular flexibility index (Phi) is 7.56. The molecule has 1 saturated heterocycles. The topological polar surface area (TPSA) is 92.3 Å². The fourth-order valence-electron chi connectivity index (χ4n) is 3.40. The van der Waals surface area contributed by atoms with Gasteiger partial charge in [0.2, 0.25) is 15.2 Å². The van der Waals surface area contributed by atoms with E-state index in [4.69, 9.17) is 0 Å². The largest absolute Gasteiger partial charge is 0.296 e. The van der Waals surface area contributed by atoms with E-state index in [1.54, 1.807) is 40.3 Å². The minimum atomic E-state index is -3.33. The summed E-state index contributed by atoms with van der Waals surface area (Å²) in [5.74, 6) is 0.435. The van der Waals surface area contributed by atoms with Crippen LogP contribution in [0.5, 0.6) is 0 Å². The summed E-state index contributed by atoms with van der Waals surface area (Å²) in [7, 11) is -3.33. The number of nitrogens with one attached hydrogen (secondary N) is 1. The van der Waals surface area contributed by atoms with Crippen molar-refractivity contribution in [3.8, 4) is 0 Å². The Labute approximate surface area is 196 Å². The van der Waals surface area contributed by atoms with Gasteiger partial charge in [-0.1, -0.05) is 72.0 Å². The van der Waals surface area contributed by atoms with Crippen molar-refractivity contribution in [2.24, 2.45) is 0 Å². The first-order valence-corrected chi connectivity index (χ1v) is 13.8. The summed E-state index contributed by atoms with van der Waals surface area (Å²) in [6.45, 7) is 1.19. The van der Waals surface area contributed by atoms with Crippen LogP contribution >= 0.6 is 23.1 Å². The van der Waals surface area contributed by atoms with Gasteiger partial charge in [-0.15, -0.1) is 10.2 Å². The molecule has 0 unspecified atom stereocenters. The summed E-state index contributed by atoms with van der Waals surface area (Å²) >= 11 is 2.89. The molecule has 0 bridgehead atoms. The third-order valence-electron chi connectivity index (χ3n) is 5.11. The molecule has 168 valence electrons. The SMILES string of the molecule is O=C(Nc1nnc(SCc2ccccc2)s1)c1ccc(CS(=O)(=O)N2CCCCC2)cc1. The molecule has 10 heteroatoms. The van der Waals surface area contributed by atoms with Crippen LogP contribution in [0.1, 0.15) is 40.7 Å². The lowest BCUT2D eigenvalue weighted by Gasteiger charge is -2.25. The van der Waals surface area contributed by atoms with Gasteiger partial charge in [0.1, 0.15) is 0 Å². The van der Waals surface area contributed by atoms with Gasteiger partial charge in [-0.3, -0.25) is 10.1 Å². The van der Waals surface area contributed by atoms with Crippen LogP contribution in [0.4, 0.5) is 5.13 Å². The van der Waals surface area contributed by atoms with E-state index in [1.165, 1.54) is 16.9 Å². The normalized spacial score (nSPS) is 14.9. The molecule has 1 aliphatic rings. The number of piperidine rings is 1. The van der Waals surface area contributed by atoms with Crippen LogP contribution in [-0.2, 0) is 21.5 Å². The second-order valence-electron chi connectivity index (χ2n) is 7.51. The lowest BCUT2D eigenvalue weighted by atomic mass is 10.1. The third-order valence-corrected chi connectivity index (χ3v) is 9.00. The molecule has 4 rings (SSSR count). The maximum absolute atomic E-state index is 12.6. The Morgan fingerprint density at radius 3 is 2.41 bits per heavy atom. The highest BCUT2D eigenvalue weighted by Crippen LogP contribution is 2.28. The van der Waals surface area contributed by atoms with Crippen molar-refractivity contribution in [1.29, 1.82) is 0 Å². The molecule has 1 aliphatic heterocycles. The molecule has 3 aromatic rings. The average Bonchev–Trinajstić information content (AvgIpc) is 3.26. The van der Waals surface area contributed by atoms with Gasteiger partial charge in [0.25, 0.3) is 5.91 Å². The Bertz CT molecular complexity index is 1140. The fourth-order valence-corrected chi connectivity index (χ4v) is 6.72. The van der Waals surface area contributed by atoms with E-state index >= 15 is 0 Å². The van der Waals surface area contributed by atoms with Crippen LogP contribution in [0.3, 0.4) is 0 Å². The molecule has 0 radical (unpaired) electrons. The summed E-state index contributed by atoms with van der Waals surface area (Å²) in [6, 6.07) is 16.7. The second-order valence-corrected chi connectivity index (χ2v) is 11.7. The molecule has 1 amide bonds. The van der Waals surface area contributed by atoms with E-state index in [0.717, 1.165) is 29.4 Å². The summed E-state index contributed by atoms with van der Waals surface area (Å²) in [5.41, 5.74) is 2.31. The number of hydrogen-bond donors (Lipinski definition) is 1. The summed E-state index contributed by atoms with van der Waals surface area (Å²) in [6.07, 6.45) is 2.91. The first-order valence-electron chi connectivity index (χ1n) is 10.4. The molecule has 0 aliphatic carbocycles. The first kappa shape index (κ1) is 22.9. The maximum atomic E-state index is 12.6. The number of anilines is 1. The molecule has 0 saturated carbocycles. The average molecular weight is 489 g/mol. The maximum Gasteiger partial charge on any atom is 0.257 e. The van der Waals surface area contributed by atoms with Crippen LogP contribution in [-0.4, -0.2) is 41.9 Å². The van der Waals surface area contributed by atoms with Crippen molar-refractivity contribution in [2.75, 3.05) is 18.4 Å². The van der Waals surface area contributed by atoms with Gasteiger partial charge >= 0.3 is 0 Å². The van der Waals surface area contributed by atoms with E-state index in [2.05, 4.69) is 27.6 Å². The van der Waals surface area contributed by atoms with E-state index in [-0.39, 0.29) is 11.7 Å². The molecule has 32 heavy (non-hydrogen) atoms. The minimum absolute atomic E-state index is 0.0483. The standard InChI is InChI=1S/C22H24N4O3S3/c27-20(23-21-24-25-22(31-21)30-15-17-7-3-1-4-8-17)19-11-9-18(10-12-19)16-32(28,29)26-13-5-2-6-14-26/h1,3-4,7-12H,2,5-6,13-16H2,(H,23,24,27). The Balaban J connectivity index is 1.31. The predicted molar refractivity (Wildman–Crippen MR) is 128 cm³/mol. The summed E-state index contributed by atoms with van der Waals surface area (Å²) in [5, 5.41) is 11.4. The number of hydrogen-bond acceptors (Lipinski definition) is 7. The van der Waals surface area contributed by atoms with Crippen molar-refractivity contribution in [3.63, 3.8) is 0 Å². The molecular weight excluding hydrogens is 464 g/mol. The lowest BCUT2D eigenvalue weighted by molar-refractivity contribution is 0.102. The molecule has 2 aromatic carbocycles. The molecule has 1 N–H and O–H groups in total. The Hall–Kier alpha value is -2.27. The molecule has 7 nitrogen and oxygen atoms in total. The first-order chi connectivity index (χ1) is 15.5. The predicted octanol–water partition coefficient (Wildman–Crippen LogP) is 4.40. The van der Waals surface area contributed by atoms with Gasteiger partial charge in [-0.05, 0) is 36.1 Å². The smallest absolute Gasteiger partial charge is 0.257 e. The lowest BCUT2D eigenvalue weighted by Crippen LogP contribution is -2.36. The van der Waals surface area contributed by atoms with Gasteiger partial charge in [0.15, 0.2) is 4.34 Å². The number of amides is 1. The highest BCUT2D eigenvalue weighted by molar-refractivity contribution is 8.00. The van der Waals surface area contributed by atoms with Gasteiger partial charge < -0.3 is 0 Å². The quantitative estimate of drug-likeness (QED) is 0.373. The minimum Gasteiger partial charge on any atom is -0.296 e.